The Bertz CT molecular complexity index is 619. The van der Waals surface area contributed by atoms with Gasteiger partial charge in [-0.1, -0.05) is 39.7 Å². The lowest BCUT2D eigenvalue weighted by atomic mass is 10.2. The number of hydrogen-bond acceptors (Lipinski definition) is 3. The number of benzene rings is 2. The molecule has 0 fully saturated rings. The molecule has 2 aromatic rings. The van der Waals surface area contributed by atoms with Gasteiger partial charge in [-0.25, -0.2) is 0 Å². The molecule has 130 valence electrons. The average Bonchev–Trinajstić information content (AvgIpc) is 2.58. The Morgan fingerprint density at radius 3 is 2.67 bits per heavy atom. The molecule has 0 radical (unpaired) electrons. The second-order valence-corrected chi connectivity index (χ2v) is 6.75. The van der Waals surface area contributed by atoms with Crippen molar-refractivity contribution in [2.24, 2.45) is 0 Å². The maximum absolute atomic E-state index is 5.99. The first-order valence-corrected chi connectivity index (χ1v) is 9.30. The van der Waals surface area contributed by atoms with Crippen LogP contribution in [0.1, 0.15) is 24.5 Å². The standard InChI is InChI=1S/C19H23BrClNO2/c1-2-23-11-3-10-22-13-16-12-17(20)6-9-19(16)24-14-15-4-7-18(21)8-5-15/h4-9,12,22H,2-3,10-11,13-14H2,1H3. The molecule has 1 N–H and O–H groups in total. The monoisotopic (exact) mass is 411 g/mol. The van der Waals surface area contributed by atoms with Gasteiger partial charge in [-0.05, 0) is 55.8 Å². The summed E-state index contributed by atoms with van der Waals surface area (Å²) in [6, 6.07) is 13.8. The van der Waals surface area contributed by atoms with Crippen molar-refractivity contribution in [2.75, 3.05) is 19.8 Å². The Kier molecular flexibility index (Phi) is 8.60. The van der Waals surface area contributed by atoms with Crippen LogP contribution >= 0.6 is 27.5 Å². The van der Waals surface area contributed by atoms with E-state index in [-0.39, 0.29) is 0 Å². The Labute approximate surface area is 157 Å². The summed E-state index contributed by atoms with van der Waals surface area (Å²) in [7, 11) is 0. The molecule has 0 aromatic heterocycles. The summed E-state index contributed by atoms with van der Waals surface area (Å²) >= 11 is 9.44. The van der Waals surface area contributed by atoms with E-state index in [4.69, 9.17) is 21.1 Å². The van der Waals surface area contributed by atoms with Crippen LogP contribution in [0, 0.1) is 0 Å². The molecule has 0 amide bonds. The van der Waals surface area contributed by atoms with Gasteiger partial charge in [-0.2, -0.15) is 0 Å². The van der Waals surface area contributed by atoms with Crippen LogP contribution < -0.4 is 10.1 Å². The van der Waals surface area contributed by atoms with Gasteiger partial charge in [0.25, 0.3) is 0 Å². The first-order chi connectivity index (χ1) is 11.7. The molecule has 0 saturated heterocycles. The molecule has 3 nitrogen and oxygen atoms in total. The van der Waals surface area contributed by atoms with Crippen molar-refractivity contribution >= 4 is 27.5 Å². The SMILES string of the molecule is CCOCCCNCc1cc(Br)ccc1OCc1ccc(Cl)cc1. The molecule has 0 aliphatic carbocycles. The van der Waals surface area contributed by atoms with Gasteiger partial charge >= 0.3 is 0 Å². The predicted octanol–water partition coefficient (Wildman–Crippen LogP) is 5.20. The number of rotatable bonds is 10. The zero-order valence-corrected chi connectivity index (χ0v) is 16.2. The van der Waals surface area contributed by atoms with Gasteiger partial charge in [0.1, 0.15) is 12.4 Å². The minimum atomic E-state index is 0.524. The first-order valence-electron chi connectivity index (χ1n) is 8.13. The lowest BCUT2D eigenvalue weighted by molar-refractivity contribution is 0.144. The van der Waals surface area contributed by atoms with Crippen LogP contribution in [0.4, 0.5) is 0 Å². The van der Waals surface area contributed by atoms with Gasteiger partial charge in [-0.15, -0.1) is 0 Å². The number of hydrogen-bond donors (Lipinski definition) is 1. The summed E-state index contributed by atoms with van der Waals surface area (Å²) in [4.78, 5) is 0. The fraction of sp³-hybridized carbons (Fsp3) is 0.368. The van der Waals surface area contributed by atoms with Crippen molar-refractivity contribution in [3.8, 4) is 5.75 Å². The molecule has 0 heterocycles. The highest BCUT2D eigenvalue weighted by Crippen LogP contribution is 2.24. The van der Waals surface area contributed by atoms with E-state index in [0.717, 1.165) is 59.1 Å². The smallest absolute Gasteiger partial charge is 0.124 e. The Morgan fingerprint density at radius 1 is 1.12 bits per heavy atom. The van der Waals surface area contributed by atoms with Gasteiger partial charge in [-0.3, -0.25) is 0 Å². The molecule has 0 saturated carbocycles. The third kappa shape index (κ3) is 6.81. The van der Waals surface area contributed by atoms with Crippen molar-refractivity contribution < 1.29 is 9.47 Å². The molecule has 5 heteroatoms. The van der Waals surface area contributed by atoms with E-state index in [1.165, 1.54) is 0 Å². The number of ether oxygens (including phenoxy) is 2. The van der Waals surface area contributed by atoms with Crippen LogP contribution in [-0.4, -0.2) is 19.8 Å². The van der Waals surface area contributed by atoms with E-state index < -0.39 is 0 Å². The minimum Gasteiger partial charge on any atom is -0.489 e. The van der Waals surface area contributed by atoms with E-state index in [1.807, 2.05) is 43.3 Å². The van der Waals surface area contributed by atoms with E-state index in [9.17, 15) is 0 Å². The molecular weight excluding hydrogens is 390 g/mol. The van der Waals surface area contributed by atoms with Gasteiger partial charge in [0, 0.05) is 34.8 Å². The van der Waals surface area contributed by atoms with E-state index in [0.29, 0.717) is 6.61 Å². The maximum atomic E-state index is 5.99. The largest absolute Gasteiger partial charge is 0.489 e. The second-order valence-electron chi connectivity index (χ2n) is 5.39. The maximum Gasteiger partial charge on any atom is 0.124 e. The third-order valence-electron chi connectivity index (χ3n) is 3.49. The molecule has 0 bridgehead atoms. The summed E-state index contributed by atoms with van der Waals surface area (Å²) < 4.78 is 12.4. The lowest BCUT2D eigenvalue weighted by Gasteiger charge is -2.13. The molecule has 0 aliphatic rings. The van der Waals surface area contributed by atoms with E-state index >= 15 is 0 Å². The van der Waals surface area contributed by atoms with Gasteiger partial charge < -0.3 is 14.8 Å². The van der Waals surface area contributed by atoms with Crippen molar-refractivity contribution in [3.63, 3.8) is 0 Å². The van der Waals surface area contributed by atoms with E-state index in [2.05, 4.69) is 27.3 Å². The molecule has 0 unspecified atom stereocenters. The molecule has 2 rings (SSSR count). The van der Waals surface area contributed by atoms with Crippen molar-refractivity contribution in [3.05, 3.63) is 63.1 Å². The summed E-state index contributed by atoms with van der Waals surface area (Å²) in [6.45, 7) is 5.79. The van der Waals surface area contributed by atoms with Crippen LogP contribution in [-0.2, 0) is 17.9 Å². The molecule has 24 heavy (non-hydrogen) atoms. The number of nitrogens with one attached hydrogen (secondary N) is 1. The summed E-state index contributed by atoms with van der Waals surface area (Å²) in [5.41, 5.74) is 2.23. The molecule has 2 aromatic carbocycles. The highest BCUT2D eigenvalue weighted by atomic mass is 79.9. The van der Waals surface area contributed by atoms with Gasteiger partial charge in [0.05, 0.1) is 0 Å². The van der Waals surface area contributed by atoms with Crippen molar-refractivity contribution in [1.82, 2.24) is 5.32 Å². The Balaban J connectivity index is 1.88. The second kappa shape index (κ2) is 10.7. The summed E-state index contributed by atoms with van der Waals surface area (Å²) in [5.74, 6) is 0.894. The molecule has 0 aliphatic heterocycles. The minimum absolute atomic E-state index is 0.524. The molecule has 0 atom stereocenters. The summed E-state index contributed by atoms with van der Waals surface area (Å²) in [5, 5.41) is 4.17. The quantitative estimate of drug-likeness (QED) is 0.544. The first kappa shape index (κ1) is 19.3. The normalized spacial score (nSPS) is 10.8. The zero-order valence-electron chi connectivity index (χ0n) is 13.9. The highest BCUT2D eigenvalue weighted by molar-refractivity contribution is 9.10. The van der Waals surface area contributed by atoms with Crippen LogP contribution in [0.25, 0.3) is 0 Å². The molecular formula is C19H23BrClNO2. The fourth-order valence-electron chi connectivity index (χ4n) is 2.24. The average molecular weight is 413 g/mol. The van der Waals surface area contributed by atoms with Crippen LogP contribution in [0.5, 0.6) is 5.75 Å². The van der Waals surface area contributed by atoms with Gasteiger partial charge in [0.15, 0.2) is 0 Å². The van der Waals surface area contributed by atoms with Gasteiger partial charge in [0.2, 0.25) is 0 Å². The lowest BCUT2D eigenvalue weighted by Crippen LogP contribution is -2.17. The Hall–Kier alpha value is -1.07. The molecule has 0 spiro atoms. The number of halogens is 2. The predicted molar refractivity (Wildman–Crippen MR) is 103 cm³/mol. The third-order valence-corrected chi connectivity index (χ3v) is 4.24. The van der Waals surface area contributed by atoms with Crippen LogP contribution in [0.3, 0.4) is 0 Å². The van der Waals surface area contributed by atoms with Crippen molar-refractivity contribution in [2.45, 2.75) is 26.5 Å². The topological polar surface area (TPSA) is 30.5 Å². The zero-order chi connectivity index (χ0) is 17.2. The van der Waals surface area contributed by atoms with Crippen molar-refractivity contribution in [1.29, 1.82) is 0 Å². The highest BCUT2D eigenvalue weighted by Gasteiger charge is 2.05. The van der Waals surface area contributed by atoms with Crippen LogP contribution in [0.2, 0.25) is 5.02 Å². The van der Waals surface area contributed by atoms with E-state index in [1.54, 1.807) is 0 Å². The van der Waals surface area contributed by atoms with Crippen LogP contribution in [0.15, 0.2) is 46.9 Å². The Morgan fingerprint density at radius 2 is 1.92 bits per heavy atom. The summed E-state index contributed by atoms with van der Waals surface area (Å²) in [6.07, 6.45) is 1.00. The fourth-order valence-corrected chi connectivity index (χ4v) is 2.77.